The minimum absolute atomic E-state index is 0.101. The van der Waals surface area contributed by atoms with Crippen LogP contribution in [0.2, 0.25) is 0 Å². The van der Waals surface area contributed by atoms with E-state index in [1.165, 1.54) is 19.3 Å². The van der Waals surface area contributed by atoms with Gasteiger partial charge in [0.2, 0.25) is 0 Å². The van der Waals surface area contributed by atoms with E-state index in [1.807, 2.05) is 13.0 Å². The highest BCUT2D eigenvalue weighted by Crippen LogP contribution is 2.27. The Labute approximate surface area is 160 Å². The summed E-state index contributed by atoms with van der Waals surface area (Å²) >= 11 is 0. The molecule has 1 amide bonds. The maximum Gasteiger partial charge on any atom is 0.415 e. The normalized spacial score (nSPS) is 24.0. The molecule has 0 bridgehead atoms. The molecule has 7 nitrogen and oxygen atoms in total. The summed E-state index contributed by atoms with van der Waals surface area (Å²) in [6.45, 7) is 7.00. The molecule has 1 saturated carbocycles. The monoisotopic (exact) mass is 374 g/mol. The van der Waals surface area contributed by atoms with Crippen LogP contribution in [-0.4, -0.2) is 82.4 Å². The highest BCUT2D eigenvalue weighted by molar-refractivity contribution is 5.71. The first-order valence-corrected chi connectivity index (χ1v) is 10.2. The van der Waals surface area contributed by atoms with Crippen molar-refractivity contribution in [2.75, 3.05) is 39.3 Å². The van der Waals surface area contributed by atoms with E-state index in [0.717, 1.165) is 44.3 Å². The topological polar surface area (TPSA) is 69.1 Å². The van der Waals surface area contributed by atoms with Crippen LogP contribution in [0.3, 0.4) is 0 Å². The molecule has 0 aromatic carbocycles. The smallest absolute Gasteiger partial charge is 0.409 e. The molecule has 3 fully saturated rings. The fourth-order valence-electron chi connectivity index (χ4n) is 4.17. The summed E-state index contributed by atoms with van der Waals surface area (Å²) in [5, 5.41) is 10.8. The largest absolute Gasteiger partial charge is 0.415 e. The zero-order valence-electron chi connectivity index (χ0n) is 16.1. The number of carbonyl (C=O) groups is 1. The second-order valence-electron chi connectivity index (χ2n) is 8.09. The minimum Gasteiger partial charge on any atom is -0.409 e. The van der Waals surface area contributed by atoms with E-state index >= 15 is 0 Å². The molecule has 1 N–H and O–H groups in total. The maximum atomic E-state index is 12.2. The summed E-state index contributed by atoms with van der Waals surface area (Å²) in [7, 11) is 0. The fraction of sp³-hybridized carbons (Fsp3) is 0.700. The molecule has 1 aliphatic carbocycles. The predicted octanol–water partition coefficient (Wildman–Crippen LogP) is 1.70. The summed E-state index contributed by atoms with van der Waals surface area (Å²) < 4.78 is 5.35. The third-order valence-corrected chi connectivity index (χ3v) is 6.21. The molecule has 27 heavy (non-hydrogen) atoms. The van der Waals surface area contributed by atoms with Crippen LogP contribution < -0.4 is 4.74 Å². The van der Waals surface area contributed by atoms with Gasteiger partial charge in [0.25, 0.3) is 0 Å². The second kappa shape index (κ2) is 8.12. The Balaban J connectivity index is 1.22. The average Bonchev–Trinajstić information content (AvgIpc) is 2.80. The van der Waals surface area contributed by atoms with Crippen LogP contribution in [0.5, 0.6) is 5.75 Å². The summed E-state index contributed by atoms with van der Waals surface area (Å²) in [6, 6.07) is 4.34. The van der Waals surface area contributed by atoms with Gasteiger partial charge in [0.15, 0.2) is 5.75 Å². The number of aliphatic hydroxyl groups excluding tert-OH is 1. The van der Waals surface area contributed by atoms with Crippen molar-refractivity contribution < 1.29 is 14.6 Å². The van der Waals surface area contributed by atoms with Crippen molar-refractivity contribution in [3.05, 3.63) is 24.0 Å². The molecule has 0 radical (unpaired) electrons. The Morgan fingerprint density at radius 1 is 1.19 bits per heavy atom. The van der Waals surface area contributed by atoms with Crippen molar-refractivity contribution in [3.63, 3.8) is 0 Å². The molecule has 3 aliphatic rings. The number of aromatic nitrogens is 1. The molecule has 2 saturated heterocycles. The van der Waals surface area contributed by atoms with Crippen molar-refractivity contribution in [2.24, 2.45) is 5.92 Å². The van der Waals surface area contributed by atoms with Crippen LogP contribution in [0.4, 0.5) is 4.79 Å². The van der Waals surface area contributed by atoms with E-state index in [0.29, 0.717) is 18.8 Å². The molecule has 0 spiro atoms. The van der Waals surface area contributed by atoms with Gasteiger partial charge in [-0.3, -0.25) is 14.8 Å². The van der Waals surface area contributed by atoms with E-state index in [1.54, 1.807) is 17.2 Å². The van der Waals surface area contributed by atoms with Crippen LogP contribution in [0.1, 0.15) is 31.4 Å². The Kier molecular flexibility index (Phi) is 5.61. The van der Waals surface area contributed by atoms with Gasteiger partial charge in [-0.05, 0) is 44.9 Å². The molecule has 148 valence electrons. The number of hydrogen-bond donors (Lipinski definition) is 1. The third-order valence-electron chi connectivity index (χ3n) is 6.21. The number of hydrogen-bond acceptors (Lipinski definition) is 6. The Bertz CT molecular complexity index is 643. The van der Waals surface area contributed by atoms with Crippen LogP contribution in [-0.2, 0) is 0 Å². The zero-order chi connectivity index (χ0) is 18.8. The van der Waals surface area contributed by atoms with Gasteiger partial charge in [0.1, 0.15) is 6.23 Å². The van der Waals surface area contributed by atoms with Gasteiger partial charge in [0, 0.05) is 50.4 Å². The average molecular weight is 374 g/mol. The SMILES string of the molecule is Cc1ccc(OC(=O)N2CC(C(O)N3CCCN(C4CCC4)CC3)C2)cn1. The molecular weight excluding hydrogens is 344 g/mol. The predicted molar refractivity (Wildman–Crippen MR) is 101 cm³/mol. The molecule has 7 heteroatoms. The standard InChI is InChI=1S/C20H30N4O3/c1-15-6-7-18(12-21-15)27-20(26)24-13-16(14-24)19(25)23-9-3-8-22(10-11-23)17-4-2-5-17/h6-7,12,16-17,19,25H,2-5,8-11,13-14H2,1H3. The lowest BCUT2D eigenvalue weighted by Crippen LogP contribution is -2.59. The van der Waals surface area contributed by atoms with E-state index in [-0.39, 0.29) is 12.0 Å². The highest BCUT2D eigenvalue weighted by Gasteiger charge is 2.39. The number of amides is 1. The Morgan fingerprint density at radius 2 is 2.00 bits per heavy atom. The van der Waals surface area contributed by atoms with Crippen LogP contribution in [0.25, 0.3) is 0 Å². The Hall–Kier alpha value is -1.70. The van der Waals surface area contributed by atoms with Gasteiger partial charge < -0.3 is 14.7 Å². The number of ether oxygens (including phenoxy) is 1. The first-order valence-electron chi connectivity index (χ1n) is 10.2. The van der Waals surface area contributed by atoms with Crippen molar-refractivity contribution in [2.45, 2.75) is 44.9 Å². The van der Waals surface area contributed by atoms with Crippen LogP contribution >= 0.6 is 0 Å². The molecule has 1 atom stereocenters. The maximum absolute atomic E-state index is 12.2. The first kappa shape index (κ1) is 18.7. The third kappa shape index (κ3) is 4.25. The number of rotatable bonds is 4. The van der Waals surface area contributed by atoms with Crippen LogP contribution in [0.15, 0.2) is 18.3 Å². The molecule has 3 heterocycles. The molecule has 1 unspecified atom stereocenters. The zero-order valence-corrected chi connectivity index (χ0v) is 16.1. The van der Waals surface area contributed by atoms with Crippen molar-refractivity contribution in [1.29, 1.82) is 0 Å². The summed E-state index contributed by atoms with van der Waals surface area (Å²) in [6.07, 6.45) is 5.85. The molecular formula is C20H30N4O3. The lowest BCUT2D eigenvalue weighted by atomic mass is 9.91. The van der Waals surface area contributed by atoms with Gasteiger partial charge in [-0.2, -0.15) is 0 Å². The highest BCUT2D eigenvalue weighted by atomic mass is 16.6. The van der Waals surface area contributed by atoms with E-state index in [9.17, 15) is 9.90 Å². The number of aliphatic hydroxyl groups is 1. The van der Waals surface area contributed by atoms with Crippen molar-refractivity contribution in [1.82, 2.24) is 19.7 Å². The van der Waals surface area contributed by atoms with Gasteiger partial charge in [-0.1, -0.05) is 6.42 Å². The van der Waals surface area contributed by atoms with Gasteiger partial charge in [-0.25, -0.2) is 4.79 Å². The van der Waals surface area contributed by atoms with Crippen molar-refractivity contribution in [3.8, 4) is 5.75 Å². The number of nitrogens with zero attached hydrogens (tertiary/aromatic N) is 4. The van der Waals surface area contributed by atoms with Crippen LogP contribution in [0, 0.1) is 12.8 Å². The lowest BCUT2D eigenvalue weighted by molar-refractivity contribution is -0.0831. The number of pyridine rings is 1. The molecule has 2 aliphatic heterocycles. The number of aryl methyl sites for hydroxylation is 1. The number of likely N-dealkylation sites (tertiary alicyclic amines) is 1. The summed E-state index contributed by atoms with van der Waals surface area (Å²) in [5.41, 5.74) is 0.884. The quantitative estimate of drug-likeness (QED) is 0.865. The van der Waals surface area contributed by atoms with Gasteiger partial charge in [-0.15, -0.1) is 0 Å². The Morgan fingerprint density at radius 3 is 2.67 bits per heavy atom. The minimum atomic E-state index is -0.476. The van der Waals surface area contributed by atoms with Gasteiger partial charge >= 0.3 is 6.09 Å². The second-order valence-corrected chi connectivity index (χ2v) is 8.09. The summed E-state index contributed by atoms with van der Waals surface area (Å²) in [4.78, 5) is 22.8. The number of carbonyl (C=O) groups excluding carboxylic acids is 1. The lowest BCUT2D eigenvalue weighted by Gasteiger charge is -2.44. The molecule has 1 aromatic heterocycles. The van der Waals surface area contributed by atoms with E-state index in [2.05, 4.69) is 14.8 Å². The molecule has 1 aromatic rings. The van der Waals surface area contributed by atoms with Gasteiger partial charge in [0.05, 0.1) is 6.20 Å². The van der Waals surface area contributed by atoms with E-state index in [4.69, 9.17) is 4.74 Å². The van der Waals surface area contributed by atoms with E-state index < -0.39 is 6.23 Å². The fourth-order valence-corrected chi connectivity index (χ4v) is 4.17. The first-order chi connectivity index (χ1) is 13.1. The van der Waals surface area contributed by atoms with Crippen molar-refractivity contribution >= 4 is 6.09 Å². The molecule has 4 rings (SSSR count). The summed E-state index contributed by atoms with van der Waals surface area (Å²) in [5.74, 6) is 0.558.